The van der Waals surface area contributed by atoms with Crippen LogP contribution < -0.4 is 5.32 Å². The molecule has 0 radical (unpaired) electrons. The van der Waals surface area contributed by atoms with Gasteiger partial charge in [0.25, 0.3) is 0 Å². The molecule has 1 atom stereocenters. The van der Waals surface area contributed by atoms with Crippen molar-refractivity contribution in [3.8, 4) is 5.75 Å². The van der Waals surface area contributed by atoms with E-state index in [1.807, 2.05) is 20.8 Å². The second-order valence-corrected chi connectivity index (χ2v) is 7.17. The molecule has 6 nitrogen and oxygen atoms in total. The smallest absolute Gasteiger partial charge is 0.410 e. The molecule has 2 N–H and O–H groups in total. The fourth-order valence-corrected chi connectivity index (χ4v) is 2.95. The lowest BCUT2D eigenvalue weighted by Crippen LogP contribution is -2.33. The van der Waals surface area contributed by atoms with Gasteiger partial charge in [0.15, 0.2) is 0 Å². The average molecular weight is 320 g/mol. The second kappa shape index (κ2) is 5.92. The number of ether oxygens (including phenoxy) is 2. The SMILES string of the molecule is CC(C)(C)OC(=O)N1Cc2cc(O)cc(N[C@H]3CCOC3)c2C1. The van der Waals surface area contributed by atoms with E-state index in [2.05, 4.69) is 5.32 Å². The molecule has 23 heavy (non-hydrogen) atoms. The van der Waals surface area contributed by atoms with Gasteiger partial charge in [0, 0.05) is 30.5 Å². The van der Waals surface area contributed by atoms with Gasteiger partial charge in [0.1, 0.15) is 11.4 Å². The number of aromatic hydroxyl groups is 1. The Kier molecular flexibility index (Phi) is 4.10. The van der Waals surface area contributed by atoms with Crippen LogP contribution in [-0.4, -0.2) is 41.0 Å². The van der Waals surface area contributed by atoms with Crippen LogP contribution in [0.15, 0.2) is 12.1 Å². The second-order valence-electron chi connectivity index (χ2n) is 7.17. The molecule has 1 amide bonds. The molecule has 6 heteroatoms. The van der Waals surface area contributed by atoms with Crippen LogP contribution in [-0.2, 0) is 22.6 Å². The highest BCUT2D eigenvalue weighted by Gasteiger charge is 2.30. The standard InChI is InChI=1S/C17H24N2O4/c1-17(2,3)23-16(21)19-8-11-6-13(20)7-15(14(11)9-19)18-12-4-5-22-10-12/h6-7,12,18,20H,4-5,8-10H2,1-3H3/t12-/m0/s1. The Bertz CT molecular complexity index is 603. The molecule has 2 aliphatic heterocycles. The van der Waals surface area contributed by atoms with Gasteiger partial charge in [-0.2, -0.15) is 0 Å². The predicted octanol–water partition coefficient (Wildman–Crippen LogP) is 2.84. The monoisotopic (exact) mass is 320 g/mol. The quantitative estimate of drug-likeness (QED) is 0.877. The predicted molar refractivity (Wildman–Crippen MR) is 86.4 cm³/mol. The summed E-state index contributed by atoms with van der Waals surface area (Å²) in [6.45, 7) is 7.92. The van der Waals surface area contributed by atoms with Gasteiger partial charge in [-0.05, 0) is 38.8 Å². The number of amides is 1. The van der Waals surface area contributed by atoms with E-state index in [1.165, 1.54) is 0 Å². The number of hydrogen-bond acceptors (Lipinski definition) is 5. The number of carbonyl (C=O) groups excluding carboxylic acids is 1. The summed E-state index contributed by atoms with van der Waals surface area (Å²) >= 11 is 0. The van der Waals surface area contributed by atoms with Crippen molar-refractivity contribution in [3.63, 3.8) is 0 Å². The minimum absolute atomic E-state index is 0.205. The van der Waals surface area contributed by atoms with Crippen LogP contribution in [0.3, 0.4) is 0 Å². The van der Waals surface area contributed by atoms with E-state index in [-0.39, 0.29) is 17.9 Å². The molecule has 0 unspecified atom stereocenters. The summed E-state index contributed by atoms with van der Waals surface area (Å²) < 4.78 is 10.8. The number of phenolic OH excluding ortho intramolecular Hbond substituents is 1. The van der Waals surface area contributed by atoms with Crippen molar-refractivity contribution in [3.05, 3.63) is 23.3 Å². The zero-order valence-corrected chi connectivity index (χ0v) is 13.9. The van der Waals surface area contributed by atoms with Gasteiger partial charge in [-0.25, -0.2) is 4.79 Å². The molecule has 1 fully saturated rings. The fourth-order valence-electron chi connectivity index (χ4n) is 2.95. The number of nitrogens with one attached hydrogen (secondary N) is 1. The molecule has 2 aliphatic rings. The number of benzene rings is 1. The minimum atomic E-state index is -0.518. The molecule has 0 spiro atoms. The summed E-state index contributed by atoms with van der Waals surface area (Å²) in [5.41, 5.74) is 2.36. The lowest BCUT2D eigenvalue weighted by molar-refractivity contribution is 0.0242. The van der Waals surface area contributed by atoms with Crippen LogP contribution in [0.4, 0.5) is 10.5 Å². The number of anilines is 1. The molecule has 0 aromatic heterocycles. The molecule has 0 aliphatic carbocycles. The number of carbonyl (C=O) groups is 1. The number of rotatable bonds is 2. The molecular weight excluding hydrogens is 296 g/mol. The van der Waals surface area contributed by atoms with Crippen LogP contribution in [0.5, 0.6) is 5.75 Å². The van der Waals surface area contributed by atoms with Gasteiger partial charge in [-0.15, -0.1) is 0 Å². The maximum Gasteiger partial charge on any atom is 0.410 e. The van der Waals surface area contributed by atoms with Crippen LogP contribution in [0.2, 0.25) is 0 Å². The molecular formula is C17H24N2O4. The normalized spacial score (nSPS) is 20.5. The first-order valence-electron chi connectivity index (χ1n) is 7.99. The van der Waals surface area contributed by atoms with E-state index in [0.29, 0.717) is 19.7 Å². The van der Waals surface area contributed by atoms with Crippen molar-refractivity contribution in [2.45, 2.75) is 51.9 Å². The molecule has 2 heterocycles. The van der Waals surface area contributed by atoms with E-state index < -0.39 is 5.60 Å². The highest BCUT2D eigenvalue weighted by Crippen LogP contribution is 2.34. The zero-order chi connectivity index (χ0) is 16.6. The van der Waals surface area contributed by atoms with E-state index >= 15 is 0 Å². The van der Waals surface area contributed by atoms with Crippen molar-refractivity contribution < 1.29 is 19.4 Å². The van der Waals surface area contributed by atoms with Gasteiger partial charge in [-0.1, -0.05) is 0 Å². The Morgan fingerprint density at radius 3 is 2.83 bits per heavy atom. The first-order valence-corrected chi connectivity index (χ1v) is 7.99. The minimum Gasteiger partial charge on any atom is -0.508 e. The highest BCUT2D eigenvalue weighted by molar-refractivity contribution is 5.71. The van der Waals surface area contributed by atoms with Crippen molar-refractivity contribution >= 4 is 11.8 Å². The zero-order valence-electron chi connectivity index (χ0n) is 13.9. The number of nitrogens with zero attached hydrogens (tertiary/aromatic N) is 1. The maximum absolute atomic E-state index is 12.3. The van der Waals surface area contributed by atoms with Crippen LogP contribution >= 0.6 is 0 Å². The van der Waals surface area contributed by atoms with Gasteiger partial charge in [-0.3, -0.25) is 4.90 Å². The molecule has 1 aromatic rings. The van der Waals surface area contributed by atoms with Crippen LogP contribution in [0.25, 0.3) is 0 Å². The maximum atomic E-state index is 12.3. The lowest BCUT2D eigenvalue weighted by atomic mass is 10.1. The number of hydrogen-bond donors (Lipinski definition) is 2. The first-order chi connectivity index (χ1) is 10.8. The van der Waals surface area contributed by atoms with E-state index in [9.17, 15) is 9.90 Å². The first kappa shape index (κ1) is 15.9. The molecule has 126 valence electrons. The summed E-state index contributed by atoms with van der Waals surface area (Å²) in [5.74, 6) is 0.205. The number of fused-ring (bicyclic) bond motifs is 1. The molecule has 0 bridgehead atoms. The third-order valence-corrected chi connectivity index (χ3v) is 3.98. The third kappa shape index (κ3) is 3.69. The third-order valence-electron chi connectivity index (χ3n) is 3.98. The molecule has 1 aromatic carbocycles. The number of phenols is 1. The van der Waals surface area contributed by atoms with Gasteiger partial charge < -0.3 is 19.9 Å². The average Bonchev–Trinajstić information content (AvgIpc) is 3.05. The molecule has 0 saturated carbocycles. The van der Waals surface area contributed by atoms with E-state index in [4.69, 9.17) is 9.47 Å². The Morgan fingerprint density at radius 2 is 2.17 bits per heavy atom. The summed E-state index contributed by atoms with van der Waals surface area (Å²) in [6.07, 6.45) is 0.614. The molecule has 3 rings (SSSR count). The topological polar surface area (TPSA) is 71.0 Å². The highest BCUT2D eigenvalue weighted by atomic mass is 16.6. The van der Waals surface area contributed by atoms with Gasteiger partial charge in [0.2, 0.25) is 0 Å². The van der Waals surface area contributed by atoms with E-state index in [1.54, 1.807) is 17.0 Å². The lowest BCUT2D eigenvalue weighted by Gasteiger charge is -2.24. The Hall–Kier alpha value is -1.95. The van der Waals surface area contributed by atoms with Crippen molar-refractivity contribution in [2.75, 3.05) is 18.5 Å². The molecule has 1 saturated heterocycles. The summed E-state index contributed by atoms with van der Waals surface area (Å²) in [5, 5.41) is 13.4. The van der Waals surface area contributed by atoms with E-state index in [0.717, 1.165) is 29.8 Å². The van der Waals surface area contributed by atoms with Crippen molar-refractivity contribution in [1.29, 1.82) is 0 Å². The summed E-state index contributed by atoms with van der Waals surface area (Å²) in [6, 6.07) is 3.68. The summed E-state index contributed by atoms with van der Waals surface area (Å²) in [7, 11) is 0. The Balaban J connectivity index is 1.77. The van der Waals surface area contributed by atoms with Gasteiger partial charge >= 0.3 is 6.09 Å². The van der Waals surface area contributed by atoms with Crippen LogP contribution in [0.1, 0.15) is 38.3 Å². The fraction of sp³-hybridized carbons (Fsp3) is 0.588. The van der Waals surface area contributed by atoms with Crippen molar-refractivity contribution in [2.24, 2.45) is 0 Å². The van der Waals surface area contributed by atoms with Crippen LogP contribution in [0, 0.1) is 0 Å². The Labute approximate surface area is 136 Å². The summed E-state index contributed by atoms with van der Waals surface area (Å²) in [4.78, 5) is 13.9. The van der Waals surface area contributed by atoms with Gasteiger partial charge in [0.05, 0.1) is 19.2 Å². The Morgan fingerprint density at radius 1 is 1.39 bits per heavy atom. The van der Waals surface area contributed by atoms with Crippen molar-refractivity contribution in [1.82, 2.24) is 4.90 Å². The largest absolute Gasteiger partial charge is 0.508 e.